The van der Waals surface area contributed by atoms with Crippen molar-refractivity contribution in [3.63, 3.8) is 0 Å². The van der Waals surface area contributed by atoms with Gasteiger partial charge in [0.1, 0.15) is 5.69 Å². The van der Waals surface area contributed by atoms with E-state index in [0.717, 1.165) is 6.07 Å². The molecule has 0 unspecified atom stereocenters. The molecular formula is C14H15ClF3N3O4. The summed E-state index contributed by atoms with van der Waals surface area (Å²) in [5, 5.41) is 13.1. The van der Waals surface area contributed by atoms with E-state index < -0.39 is 38.7 Å². The highest BCUT2D eigenvalue weighted by Crippen LogP contribution is 2.41. The zero-order valence-electron chi connectivity index (χ0n) is 12.9. The van der Waals surface area contributed by atoms with Gasteiger partial charge in [0, 0.05) is 25.8 Å². The van der Waals surface area contributed by atoms with Gasteiger partial charge in [-0.2, -0.15) is 13.2 Å². The summed E-state index contributed by atoms with van der Waals surface area (Å²) in [4.78, 5) is 22.0. The first-order chi connectivity index (χ1) is 11.6. The standard InChI is InChI=1S/C14H15ClF3N3O4/c15-9-6-10(11(21(23)24)5-8(9)14(16,17)18)20-7-13(12(19)22)1-3-25-4-2-13/h5-6,20H,1-4,7H2,(H2,19,22). The molecule has 1 aromatic carbocycles. The van der Waals surface area contributed by atoms with E-state index in [1.165, 1.54) is 0 Å². The number of hydrogen-bond acceptors (Lipinski definition) is 5. The molecule has 1 aliphatic rings. The van der Waals surface area contributed by atoms with Crippen molar-refractivity contribution in [2.45, 2.75) is 19.0 Å². The molecule has 1 aliphatic heterocycles. The van der Waals surface area contributed by atoms with Crippen LogP contribution in [0.4, 0.5) is 24.5 Å². The number of amides is 1. The van der Waals surface area contributed by atoms with E-state index in [1.54, 1.807) is 0 Å². The summed E-state index contributed by atoms with van der Waals surface area (Å²) in [5.41, 5.74) is 2.13. The Bertz CT molecular complexity index is 691. The van der Waals surface area contributed by atoms with Gasteiger partial charge in [-0.25, -0.2) is 0 Å². The van der Waals surface area contributed by atoms with Gasteiger partial charge in [0.25, 0.3) is 5.69 Å². The summed E-state index contributed by atoms with van der Waals surface area (Å²) in [6.45, 7) is 0.509. The number of rotatable bonds is 5. The molecular weight excluding hydrogens is 367 g/mol. The molecule has 1 aromatic rings. The minimum atomic E-state index is -4.82. The number of alkyl halides is 3. The molecule has 0 saturated carbocycles. The fourth-order valence-corrected chi connectivity index (χ4v) is 2.88. The van der Waals surface area contributed by atoms with Crippen molar-refractivity contribution < 1.29 is 27.6 Å². The summed E-state index contributed by atoms with van der Waals surface area (Å²) >= 11 is 5.62. The topological polar surface area (TPSA) is 107 Å². The number of hydrogen-bond donors (Lipinski definition) is 2. The van der Waals surface area contributed by atoms with Gasteiger partial charge in [-0.1, -0.05) is 11.6 Å². The number of anilines is 1. The molecule has 0 aromatic heterocycles. The second-order valence-corrected chi connectivity index (χ2v) is 6.12. The van der Waals surface area contributed by atoms with Gasteiger partial charge in [-0.15, -0.1) is 0 Å². The van der Waals surface area contributed by atoms with Crippen LogP contribution in [-0.4, -0.2) is 30.6 Å². The summed E-state index contributed by atoms with van der Waals surface area (Å²) in [6, 6.07) is 1.20. The van der Waals surface area contributed by atoms with Crippen LogP contribution in [0.25, 0.3) is 0 Å². The van der Waals surface area contributed by atoms with E-state index in [0.29, 0.717) is 32.1 Å². The van der Waals surface area contributed by atoms with Crippen LogP contribution in [0.1, 0.15) is 18.4 Å². The monoisotopic (exact) mass is 381 g/mol. The number of benzene rings is 1. The lowest BCUT2D eigenvalue weighted by Crippen LogP contribution is -2.46. The van der Waals surface area contributed by atoms with Crippen LogP contribution in [0, 0.1) is 15.5 Å². The van der Waals surface area contributed by atoms with Crippen molar-refractivity contribution in [3.05, 3.63) is 32.8 Å². The molecule has 1 fully saturated rings. The van der Waals surface area contributed by atoms with Crippen LogP contribution in [0.5, 0.6) is 0 Å². The van der Waals surface area contributed by atoms with E-state index in [-0.39, 0.29) is 12.2 Å². The van der Waals surface area contributed by atoms with Gasteiger partial charge in [0.2, 0.25) is 5.91 Å². The Morgan fingerprint density at radius 1 is 1.40 bits per heavy atom. The number of nitrogens with zero attached hydrogens (tertiary/aromatic N) is 1. The molecule has 0 aliphatic carbocycles. The first kappa shape index (κ1) is 19.3. The van der Waals surface area contributed by atoms with Gasteiger partial charge in [-0.3, -0.25) is 14.9 Å². The van der Waals surface area contributed by atoms with E-state index >= 15 is 0 Å². The number of halogens is 4. The molecule has 0 atom stereocenters. The van der Waals surface area contributed by atoms with Crippen LogP contribution in [0.2, 0.25) is 5.02 Å². The Balaban J connectivity index is 2.34. The quantitative estimate of drug-likeness (QED) is 0.602. The molecule has 138 valence electrons. The van der Waals surface area contributed by atoms with Gasteiger partial charge in [0.15, 0.2) is 0 Å². The Morgan fingerprint density at radius 2 is 2.00 bits per heavy atom. The van der Waals surface area contributed by atoms with Crippen LogP contribution < -0.4 is 11.1 Å². The highest BCUT2D eigenvalue weighted by Gasteiger charge is 2.40. The van der Waals surface area contributed by atoms with E-state index in [9.17, 15) is 28.1 Å². The van der Waals surface area contributed by atoms with E-state index in [4.69, 9.17) is 22.1 Å². The van der Waals surface area contributed by atoms with Gasteiger partial charge in [0.05, 0.1) is 20.9 Å². The minimum Gasteiger partial charge on any atom is -0.381 e. The van der Waals surface area contributed by atoms with Crippen molar-refractivity contribution in [1.82, 2.24) is 0 Å². The Hall–Kier alpha value is -2.07. The Morgan fingerprint density at radius 3 is 2.48 bits per heavy atom. The SMILES string of the molecule is NC(=O)C1(CNc2cc(Cl)c(C(F)(F)F)cc2[N+](=O)[O-])CCOCC1. The van der Waals surface area contributed by atoms with Crippen LogP contribution >= 0.6 is 11.6 Å². The van der Waals surface area contributed by atoms with Gasteiger partial charge >= 0.3 is 6.18 Å². The zero-order chi connectivity index (χ0) is 18.8. The van der Waals surface area contributed by atoms with Gasteiger partial charge in [-0.05, 0) is 18.9 Å². The number of nitro groups is 1. The second kappa shape index (κ2) is 7.04. The van der Waals surface area contributed by atoms with E-state index in [1.807, 2.05) is 0 Å². The van der Waals surface area contributed by atoms with Crippen LogP contribution in [0.3, 0.4) is 0 Å². The average molecular weight is 382 g/mol. The fraction of sp³-hybridized carbons (Fsp3) is 0.500. The molecule has 1 amide bonds. The molecule has 11 heteroatoms. The fourth-order valence-electron chi connectivity index (χ4n) is 2.61. The molecule has 0 bridgehead atoms. The maximum atomic E-state index is 12.9. The van der Waals surface area contributed by atoms with Crippen molar-refractivity contribution in [1.29, 1.82) is 0 Å². The maximum absolute atomic E-state index is 12.9. The van der Waals surface area contributed by atoms with Crippen molar-refractivity contribution in [3.8, 4) is 0 Å². The molecule has 25 heavy (non-hydrogen) atoms. The van der Waals surface area contributed by atoms with E-state index in [2.05, 4.69) is 5.32 Å². The summed E-state index contributed by atoms with van der Waals surface area (Å²) in [7, 11) is 0. The maximum Gasteiger partial charge on any atom is 0.418 e. The predicted molar refractivity (Wildman–Crippen MR) is 83.3 cm³/mol. The number of nitro benzene ring substituents is 1. The number of nitrogens with one attached hydrogen (secondary N) is 1. The normalized spacial score (nSPS) is 17.1. The van der Waals surface area contributed by atoms with Crippen molar-refractivity contribution >= 4 is 28.9 Å². The first-order valence-electron chi connectivity index (χ1n) is 7.23. The third-order valence-electron chi connectivity index (χ3n) is 4.18. The van der Waals surface area contributed by atoms with Gasteiger partial charge < -0.3 is 15.8 Å². The van der Waals surface area contributed by atoms with Crippen molar-refractivity contribution in [2.24, 2.45) is 11.1 Å². The molecule has 1 saturated heterocycles. The lowest BCUT2D eigenvalue weighted by molar-refractivity contribution is -0.384. The summed E-state index contributed by atoms with van der Waals surface area (Å²) < 4.78 is 43.8. The molecule has 7 nitrogen and oxygen atoms in total. The third-order valence-corrected chi connectivity index (χ3v) is 4.49. The minimum absolute atomic E-state index is 0.0752. The third kappa shape index (κ3) is 4.13. The summed E-state index contributed by atoms with van der Waals surface area (Å²) in [6.07, 6.45) is -4.22. The highest BCUT2D eigenvalue weighted by atomic mass is 35.5. The Labute approximate surface area is 145 Å². The number of primary amides is 1. The molecule has 0 spiro atoms. The number of nitrogens with two attached hydrogens (primary N) is 1. The van der Waals surface area contributed by atoms with Crippen LogP contribution in [-0.2, 0) is 15.7 Å². The molecule has 3 N–H and O–H groups in total. The predicted octanol–water partition coefficient (Wildman–Crippen LogP) is 2.96. The lowest BCUT2D eigenvalue weighted by Gasteiger charge is -2.34. The number of carbonyl (C=O) groups excluding carboxylic acids is 1. The van der Waals surface area contributed by atoms with Crippen molar-refractivity contribution in [2.75, 3.05) is 25.1 Å². The number of carbonyl (C=O) groups is 1. The van der Waals surface area contributed by atoms with Crippen LogP contribution in [0.15, 0.2) is 12.1 Å². The first-order valence-corrected chi connectivity index (χ1v) is 7.61. The second-order valence-electron chi connectivity index (χ2n) is 5.71. The average Bonchev–Trinajstić information content (AvgIpc) is 2.52. The molecule has 2 rings (SSSR count). The molecule has 1 heterocycles. The molecule has 0 radical (unpaired) electrons. The number of ether oxygens (including phenoxy) is 1. The highest BCUT2D eigenvalue weighted by molar-refractivity contribution is 6.31. The smallest absolute Gasteiger partial charge is 0.381 e. The largest absolute Gasteiger partial charge is 0.418 e. The lowest BCUT2D eigenvalue weighted by atomic mass is 9.79. The summed E-state index contributed by atoms with van der Waals surface area (Å²) in [5.74, 6) is -0.607. The zero-order valence-corrected chi connectivity index (χ0v) is 13.6. The Kier molecular flexibility index (Phi) is 5.43.